The summed E-state index contributed by atoms with van der Waals surface area (Å²) in [6.07, 6.45) is 10.5. The Labute approximate surface area is 220 Å². The second-order valence-electron chi connectivity index (χ2n) is 12.2. The van der Waals surface area contributed by atoms with Crippen LogP contribution in [0.3, 0.4) is 0 Å². The first-order valence-electron chi connectivity index (χ1n) is 13.9. The van der Waals surface area contributed by atoms with Gasteiger partial charge >= 0.3 is 0 Å². The van der Waals surface area contributed by atoms with Gasteiger partial charge < -0.3 is 15.0 Å². The molecule has 2 amide bonds. The van der Waals surface area contributed by atoms with Crippen molar-refractivity contribution in [1.29, 1.82) is 0 Å². The molecule has 0 bridgehead atoms. The van der Waals surface area contributed by atoms with Gasteiger partial charge in [0.1, 0.15) is 11.5 Å². The first-order valence-corrected chi connectivity index (χ1v) is 13.9. The van der Waals surface area contributed by atoms with Crippen LogP contribution in [0.25, 0.3) is 0 Å². The lowest BCUT2D eigenvalue weighted by molar-refractivity contribution is -0.141. The summed E-state index contributed by atoms with van der Waals surface area (Å²) in [4.78, 5) is 28.0. The van der Waals surface area contributed by atoms with E-state index >= 15 is 0 Å². The van der Waals surface area contributed by atoms with Crippen molar-refractivity contribution in [3.63, 3.8) is 0 Å². The van der Waals surface area contributed by atoms with Gasteiger partial charge in [0.2, 0.25) is 11.8 Å². The Kier molecular flexibility index (Phi) is 5.93. The third kappa shape index (κ3) is 3.98. The lowest BCUT2D eigenvalue weighted by Crippen LogP contribution is -2.59. The molecule has 4 aliphatic rings. The van der Waals surface area contributed by atoms with Crippen LogP contribution in [0.15, 0.2) is 66.7 Å². The molecular weight excluding hydrogens is 460 g/mol. The molecule has 2 aromatic rings. The number of rotatable bonds is 4. The molecule has 2 unspecified atom stereocenters. The fourth-order valence-corrected chi connectivity index (χ4v) is 8.66. The SMILES string of the molecule is CN1C(=O)C=C[C@@]2(C)C1CC[C@@H]1[C@H]2CC[C@]2(C)C(C(=O)Nc3cccc(Oc4ccccc4)c3)CC[C@@H]12. The van der Waals surface area contributed by atoms with Crippen LogP contribution in [-0.2, 0) is 9.59 Å². The molecular formula is C32H38N2O3. The number of carbonyl (C=O) groups excluding carboxylic acids is 2. The number of carbonyl (C=O) groups is 2. The molecule has 1 aliphatic heterocycles. The molecule has 1 N–H and O–H groups in total. The van der Waals surface area contributed by atoms with E-state index in [4.69, 9.17) is 4.74 Å². The van der Waals surface area contributed by atoms with E-state index in [-0.39, 0.29) is 28.6 Å². The molecule has 6 rings (SSSR count). The number of para-hydroxylation sites is 1. The van der Waals surface area contributed by atoms with E-state index in [2.05, 4.69) is 25.2 Å². The average molecular weight is 499 g/mol. The van der Waals surface area contributed by atoms with Crippen LogP contribution in [-0.4, -0.2) is 29.8 Å². The Morgan fingerprint density at radius 3 is 2.54 bits per heavy atom. The second-order valence-corrected chi connectivity index (χ2v) is 12.2. The van der Waals surface area contributed by atoms with Gasteiger partial charge in [-0.05, 0) is 92.0 Å². The largest absolute Gasteiger partial charge is 0.457 e. The maximum absolute atomic E-state index is 13.7. The van der Waals surface area contributed by atoms with E-state index in [1.165, 1.54) is 0 Å². The molecule has 2 aromatic carbocycles. The highest BCUT2D eigenvalue weighted by atomic mass is 16.5. The van der Waals surface area contributed by atoms with Crippen molar-refractivity contribution >= 4 is 17.5 Å². The minimum atomic E-state index is 0.0205. The quantitative estimate of drug-likeness (QED) is 0.512. The van der Waals surface area contributed by atoms with E-state index in [1.54, 1.807) is 6.08 Å². The number of nitrogens with one attached hydrogen (secondary N) is 1. The van der Waals surface area contributed by atoms with Crippen molar-refractivity contribution in [3.05, 3.63) is 66.7 Å². The van der Waals surface area contributed by atoms with Gasteiger partial charge in [-0.25, -0.2) is 0 Å². The van der Waals surface area contributed by atoms with E-state index in [0.29, 0.717) is 29.5 Å². The summed E-state index contributed by atoms with van der Waals surface area (Å²) >= 11 is 0. The summed E-state index contributed by atoms with van der Waals surface area (Å²) in [5, 5.41) is 3.23. The molecule has 3 saturated carbocycles. The third-order valence-corrected chi connectivity index (χ3v) is 10.5. The molecule has 194 valence electrons. The van der Waals surface area contributed by atoms with Crippen molar-refractivity contribution in [1.82, 2.24) is 4.90 Å². The number of hydrogen-bond donors (Lipinski definition) is 1. The predicted molar refractivity (Wildman–Crippen MR) is 145 cm³/mol. The summed E-state index contributed by atoms with van der Waals surface area (Å²) in [7, 11) is 1.97. The normalized spacial score (nSPS) is 36.4. The Balaban J connectivity index is 1.18. The number of ether oxygens (including phenoxy) is 1. The maximum atomic E-state index is 13.7. The minimum Gasteiger partial charge on any atom is -0.457 e. The topological polar surface area (TPSA) is 58.6 Å². The third-order valence-electron chi connectivity index (χ3n) is 10.5. The highest BCUT2D eigenvalue weighted by molar-refractivity contribution is 5.93. The molecule has 7 atom stereocenters. The Bertz CT molecular complexity index is 1230. The zero-order chi connectivity index (χ0) is 25.8. The van der Waals surface area contributed by atoms with Crippen molar-refractivity contribution in [2.75, 3.05) is 12.4 Å². The Morgan fingerprint density at radius 1 is 0.946 bits per heavy atom. The first kappa shape index (κ1) is 24.3. The van der Waals surface area contributed by atoms with Gasteiger partial charge in [0.25, 0.3) is 0 Å². The zero-order valence-corrected chi connectivity index (χ0v) is 22.2. The Hall–Kier alpha value is -3.08. The van der Waals surface area contributed by atoms with Crippen LogP contribution in [0.1, 0.15) is 52.4 Å². The van der Waals surface area contributed by atoms with Crippen molar-refractivity contribution < 1.29 is 14.3 Å². The fourth-order valence-electron chi connectivity index (χ4n) is 8.66. The molecule has 0 radical (unpaired) electrons. The number of anilines is 1. The molecule has 1 heterocycles. The maximum Gasteiger partial charge on any atom is 0.246 e. The van der Waals surface area contributed by atoms with Gasteiger partial charge in [-0.2, -0.15) is 0 Å². The van der Waals surface area contributed by atoms with Gasteiger partial charge in [-0.1, -0.05) is 44.2 Å². The van der Waals surface area contributed by atoms with Crippen molar-refractivity contribution in [2.24, 2.45) is 34.5 Å². The average Bonchev–Trinajstić information content (AvgIpc) is 3.25. The van der Waals surface area contributed by atoms with Crippen LogP contribution in [0, 0.1) is 34.5 Å². The molecule has 5 nitrogen and oxygen atoms in total. The summed E-state index contributed by atoms with van der Waals surface area (Å²) < 4.78 is 5.98. The van der Waals surface area contributed by atoms with Crippen LogP contribution >= 0.6 is 0 Å². The van der Waals surface area contributed by atoms with Gasteiger partial charge in [0, 0.05) is 36.2 Å². The number of nitrogens with zero attached hydrogens (tertiary/aromatic N) is 1. The summed E-state index contributed by atoms with van der Waals surface area (Å²) in [6.45, 7) is 4.75. The van der Waals surface area contributed by atoms with Crippen LogP contribution in [0.4, 0.5) is 5.69 Å². The number of benzene rings is 2. The second kappa shape index (κ2) is 9.04. The van der Waals surface area contributed by atoms with E-state index in [9.17, 15) is 9.59 Å². The lowest BCUT2D eigenvalue weighted by Gasteiger charge is -2.60. The van der Waals surface area contributed by atoms with Crippen molar-refractivity contribution in [3.8, 4) is 11.5 Å². The van der Waals surface area contributed by atoms with Gasteiger partial charge in [0.15, 0.2) is 0 Å². The first-order chi connectivity index (χ1) is 17.8. The fraction of sp³-hybridized carbons (Fsp3) is 0.500. The van der Waals surface area contributed by atoms with E-state index in [0.717, 1.165) is 50.0 Å². The molecule has 0 aromatic heterocycles. The van der Waals surface area contributed by atoms with Crippen LogP contribution in [0.5, 0.6) is 11.5 Å². The highest BCUT2D eigenvalue weighted by Gasteiger charge is 2.61. The molecule has 3 aliphatic carbocycles. The number of hydrogen-bond acceptors (Lipinski definition) is 3. The summed E-state index contributed by atoms with van der Waals surface area (Å²) in [5.74, 6) is 3.55. The standard InChI is InChI=1S/C32H38N2O3/c1-31-18-16-26-24(12-15-28-32(26,2)19-17-29(35)34(28)3)25(31)13-14-27(31)30(36)33-21-8-7-11-23(20-21)37-22-9-5-4-6-10-22/h4-11,17,19-20,24-28H,12-16,18H2,1-3H3,(H,33,36)/t24-,25-,26+,27?,28?,31-,32+/m0/s1. The van der Waals surface area contributed by atoms with Crippen LogP contribution in [0.2, 0.25) is 0 Å². The molecule has 0 saturated heterocycles. The minimum absolute atomic E-state index is 0.0205. The molecule has 3 fully saturated rings. The number of amides is 2. The smallest absolute Gasteiger partial charge is 0.246 e. The van der Waals surface area contributed by atoms with Gasteiger partial charge in [-0.3, -0.25) is 9.59 Å². The number of likely N-dealkylation sites (N-methyl/N-ethyl adjacent to an activating group) is 1. The zero-order valence-electron chi connectivity index (χ0n) is 22.2. The van der Waals surface area contributed by atoms with Crippen LogP contribution < -0.4 is 10.1 Å². The van der Waals surface area contributed by atoms with E-state index < -0.39 is 0 Å². The van der Waals surface area contributed by atoms with E-state index in [1.807, 2.05) is 66.5 Å². The lowest BCUT2D eigenvalue weighted by atomic mass is 9.47. The summed E-state index contributed by atoms with van der Waals surface area (Å²) in [5.41, 5.74) is 0.839. The van der Waals surface area contributed by atoms with Gasteiger partial charge in [-0.15, -0.1) is 0 Å². The Morgan fingerprint density at radius 2 is 1.73 bits per heavy atom. The summed E-state index contributed by atoms with van der Waals surface area (Å²) in [6, 6.07) is 17.7. The molecule has 5 heteroatoms. The number of fused-ring (bicyclic) bond motifs is 5. The van der Waals surface area contributed by atoms with Gasteiger partial charge in [0.05, 0.1) is 0 Å². The monoisotopic (exact) mass is 498 g/mol. The molecule has 0 spiro atoms. The molecule has 37 heavy (non-hydrogen) atoms. The predicted octanol–water partition coefficient (Wildman–Crippen LogP) is 6.67. The van der Waals surface area contributed by atoms with Crippen molar-refractivity contribution in [2.45, 2.75) is 58.4 Å². The highest BCUT2D eigenvalue weighted by Crippen LogP contribution is 2.65.